The molecule has 0 amide bonds. The molecule has 0 N–H and O–H groups in total. The monoisotopic (exact) mass is 370 g/mol. The van der Waals surface area contributed by atoms with E-state index >= 15 is 0 Å². The largest absolute Gasteiger partial charge is 0.443 e. The fourth-order valence-electron chi connectivity index (χ4n) is 2.63. The number of nitrogens with zero attached hydrogens (tertiary/aromatic N) is 4. The minimum Gasteiger partial charge on any atom is -0.443 e. The van der Waals surface area contributed by atoms with Crippen LogP contribution in [0.1, 0.15) is 26.6 Å². The van der Waals surface area contributed by atoms with Gasteiger partial charge >= 0.3 is 17.3 Å². The number of ether oxygens (including phenoxy) is 1. The molecule has 0 aliphatic carbocycles. The van der Waals surface area contributed by atoms with Gasteiger partial charge in [-0.25, -0.2) is 14.3 Å². The molecule has 0 saturated heterocycles. The van der Waals surface area contributed by atoms with E-state index in [0.29, 0.717) is 11.0 Å². The van der Waals surface area contributed by atoms with Crippen LogP contribution in [0.25, 0.3) is 11.0 Å². The van der Waals surface area contributed by atoms with Crippen molar-refractivity contribution in [3.05, 3.63) is 68.9 Å². The van der Waals surface area contributed by atoms with Gasteiger partial charge in [0, 0.05) is 12.3 Å². The second-order valence-corrected chi connectivity index (χ2v) is 6.92. The number of fused-ring (bicyclic) bond motifs is 1. The molecule has 0 saturated carbocycles. The normalized spacial score (nSPS) is 11.5. The first kappa shape index (κ1) is 18.3. The summed E-state index contributed by atoms with van der Waals surface area (Å²) in [5.74, 6) is 0.244. The van der Waals surface area contributed by atoms with Gasteiger partial charge in [-0.05, 0) is 39.0 Å². The Morgan fingerprint density at radius 2 is 1.93 bits per heavy atom. The Morgan fingerprint density at radius 1 is 1.22 bits per heavy atom. The molecular formula is C18H18N4O5. The second kappa shape index (κ2) is 6.67. The summed E-state index contributed by atoms with van der Waals surface area (Å²) in [7, 11) is 0. The van der Waals surface area contributed by atoms with E-state index in [2.05, 4.69) is 4.98 Å². The maximum Gasteiger partial charge on any atom is 0.420 e. The Kier molecular flexibility index (Phi) is 4.52. The zero-order chi connectivity index (χ0) is 19.8. The van der Waals surface area contributed by atoms with Crippen LogP contribution < -0.4 is 5.56 Å². The molecule has 3 aromatic rings. The smallest absolute Gasteiger partial charge is 0.420 e. The lowest BCUT2D eigenvalue weighted by atomic mass is 10.2. The minimum absolute atomic E-state index is 0.117. The van der Waals surface area contributed by atoms with E-state index in [-0.39, 0.29) is 12.4 Å². The molecule has 0 spiro atoms. The molecule has 9 heteroatoms. The van der Waals surface area contributed by atoms with Gasteiger partial charge in [0.1, 0.15) is 11.4 Å². The van der Waals surface area contributed by atoms with E-state index in [4.69, 9.17) is 4.74 Å². The summed E-state index contributed by atoms with van der Waals surface area (Å²) < 4.78 is 7.87. The number of nitro groups is 1. The standard InChI is InChI=1S/C18H18N4O5/c1-18(2,3)27-17(24)21-13-8-5-4-7-12(13)19-15(21)11-20-10-6-9-14(16(20)23)22(25)26/h4-10H,11H2,1-3H3. The number of aromatic nitrogens is 3. The van der Waals surface area contributed by atoms with Crippen molar-refractivity contribution in [2.75, 3.05) is 0 Å². The van der Waals surface area contributed by atoms with Crippen LogP contribution in [-0.2, 0) is 11.3 Å². The van der Waals surface area contributed by atoms with Gasteiger partial charge in [0.05, 0.1) is 22.5 Å². The molecule has 2 aromatic heterocycles. The molecule has 9 nitrogen and oxygen atoms in total. The summed E-state index contributed by atoms with van der Waals surface area (Å²) in [6, 6.07) is 9.52. The second-order valence-electron chi connectivity index (χ2n) is 6.92. The lowest BCUT2D eigenvalue weighted by Gasteiger charge is -2.20. The molecule has 0 fully saturated rings. The summed E-state index contributed by atoms with van der Waals surface area (Å²) in [5.41, 5.74) is -0.956. The van der Waals surface area contributed by atoms with Crippen LogP contribution in [0.5, 0.6) is 0 Å². The predicted molar refractivity (Wildman–Crippen MR) is 97.8 cm³/mol. The Hall–Kier alpha value is -3.49. The third-order valence-corrected chi connectivity index (χ3v) is 3.71. The fraction of sp³-hybridized carbons (Fsp3) is 0.278. The van der Waals surface area contributed by atoms with Crippen LogP contribution in [0, 0.1) is 10.1 Å². The quantitative estimate of drug-likeness (QED) is 0.518. The summed E-state index contributed by atoms with van der Waals surface area (Å²) >= 11 is 0. The Morgan fingerprint density at radius 3 is 2.59 bits per heavy atom. The van der Waals surface area contributed by atoms with Gasteiger partial charge in [-0.15, -0.1) is 0 Å². The molecule has 0 unspecified atom stereocenters. The molecule has 1 aromatic carbocycles. The molecule has 0 aliphatic rings. The fourth-order valence-corrected chi connectivity index (χ4v) is 2.63. The van der Waals surface area contributed by atoms with Crippen molar-refractivity contribution in [2.45, 2.75) is 32.9 Å². The van der Waals surface area contributed by atoms with Crippen LogP contribution in [0.4, 0.5) is 10.5 Å². The molecule has 27 heavy (non-hydrogen) atoms. The topological polar surface area (TPSA) is 109 Å². The van der Waals surface area contributed by atoms with Crippen molar-refractivity contribution in [2.24, 2.45) is 0 Å². The molecular weight excluding hydrogens is 352 g/mol. The van der Waals surface area contributed by atoms with E-state index in [9.17, 15) is 19.7 Å². The van der Waals surface area contributed by atoms with E-state index in [1.165, 1.54) is 16.8 Å². The highest BCUT2D eigenvalue weighted by molar-refractivity contribution is 5.87. The first-order valence-electron chi connectivity index (χ1n) is 8.21. The van der Waals surface area contributed by atoms with Crippen molar-refractivity contribution < 1.29 is 14.5 Å². The van der Waals surface area contributed by atoms with Gasteiger partial charge in [-0.3, -0.25) is 14.9 Å². The van der Waals surface area contributed by atoms with Gasteiger partial charge in [-0.2, -0.15) is 0 Å². The molecule has 0 aliphatic heterocycles. The van der Waals surface area contributed by atoms with Gasteiger partial charge in [-0.1, -0.05) is 12.1 Å². The van der Waals surface area contributed by atoms with Crippen LogP contribution in [0.3, 0.4) is 0 Å². The highest BCUT2D eigenvalue weighted by atomic mass is 16.6. The number of pyridine rings is 1. The highest BCUT2D eigenvalue weighted by Gasteiger charge is 2.24. The van der Waals surface area contributed by atoms with E-state index in [1.54, 1.807) is 45.0 Å². The summed E-state index contributed by atoms with van der Waals surface area (Å²) in [4.78, 5) is 39.7. The van der Waals surface area contributed by atoms with Crippen molar-refractivity contribution in [1.29, 1.82) is 0 Å². The van der Waals surface area contributed by atoms with Crippen molar-refractivity contribution in [3.63, 3.8) is 0 Å². The first-order valence-corrected chi connectivity index (χ1v) is 8.21. The number of hydrogen-bond acceptors (Lipinski definition) is 6. The lowest BCUT2D eigenvalue weighted by Crippen LogP contribution is -2.29. The number of para-hydroxylation sites is 2. The third-order valence-electron chi connectivity index (χ3n) is 3.71. The Labute approximate surface area is 154 Å². The number of hydrogen-bond donors (Lipinski definition) is 0. The van der Waals surface area contributed by atoms with Crippen LogP contribution in [0.15, 0.2) is 47.4 Å². The highest BCUT2D eigenvalue weighted by Crippen LogP contribution is 2.19. The zero-order valence-electron chi connectivity index (χ0n) is 15.1. The van der Waals surface area contributed by atoms with Gasteiger partial charge in [0.15, 0.2) is 0 Å². The third kappa shape index (κ3) is 3.71. The molecule has 2 heterocycles. The van der Waals surface area contributed by atoms with Crippen LogP contribution in [-0.4, -0.2) is 30.7 Å². The van der Waals surface area contributed by atoms with Gasteiger partial charge in [0.2, 0.25) is 0 Å². The van der Waals surface area contributed by atoms with E-state index in [1.807, 2.05) is 0 Å². The molecule has 140 valence electrons. The summed E-state index contributed by atoms with van der Waals surface area (Å²) in [6.45, 7) is 5.12. The van der Waals surface area contributed by atoms with Crippen LogP contribution >= 0.6 is 0 Å². The predicted octanol–water partition coefficient (Wildman–Crippen LogP) is 2.94. The number of rotatable bonds is 3. The van der Waals surface area contributed by atoms with E-state index < -0.39 is 27.9 Å². The SMILES string of the molecule is CC(C)(C)OC(=O)n1c(Cn2cccc([N+](=O)[O-])c2=O)nc2ccccc21. The zero-order valence-corrected chi connectivity index (χ0v) is 15.1. The summed E-state index contributed by atoms with van der Waals surface area (Å²) in [6.07, 6.45) is 0.776. The number of imidazole rings is 1. The molecule has 0 atom stereocenters. The number of carbonyl (C=O) groups is 1. The Balaban J connectivity index is 2.11. The minimum atomic E-state index is -0.773. The maximum atomic E-state index is 12.7. The van der Waals surface area contributed by atoms with Gasteiger partial charge in [0.25, 0.3) is 0 Å². The average Bonchev–Trinajstić information content (AvgIpc) is 2.93. The maximum absolute atomic E-state index is 12.7. The molecule has 3 rings (SSSR count). The van der Waals surface area contributed by atoms with Gasteiger partial charge < -0.3 is 9.30 Å². The summed E-state index contributed by atoms with van der Waals surface area (Å²) in [5, 5.41) is 11.0. The van der Waals surface area contributed by atoms with Crippen molar-refractivity contribution >= 4 is 22.8 Å². The lowest BCUT2D eigenvalue weighted by molar-refractivity contribution is -0.386. The number of carbonyl (C=O) groups excluding carboxylic acids is 1. The average molecular weight is 370 g/mol. The number of benzene rings is 1. The molecule has 0 radical (unpaired) electrons. The first-order chi connectivity index (χ1) is 12.7. The van der Waals surface area contributed by atoms with Crippen molar-refractivity contribution in [1.82, 2.24) is 14.1 Å². The Bertz CT molecular complexity index is 1090. The van der Waals surface area contributed by atoms with E-state index in [0.717, 1.165) is 10.6 Å². The molecule has 0 bridgehead atoms. The van der Waals surface area contributed by atoms with Crippen molar-refractivity contribution in [3.8, 4) is 0 Å². The van der Waals surface area contributed by atoms with Crippen LogP contribution in [0.2, 0.25) is 0 Å².